The van der Waals surface area contributed by atoms with Gasteiger partial charge >= 0.3 is 0 Å². The molecule has 23 heavy (non-hydrogen) atoms. The number of aryl methyl sites for hydroxylation is 2. The topological polar surface area (TPSA) is 108 Å². The highest BCUT2D eigenvalue weighted by Crippen LogP contribution is 2.14. The van der Waals surface area contributed by atoms with Crippen molar-refractivity contribution in [3.63, 3.8) is 0 Å². The summed E-state index contributed by atoms with van der Waals surface area (Å²) in [5.41, 5.74) is 1.40. The molecule has 0 bridgehead atoms. The Kier molecular flexibility index (Phi) is 5.17. The second-order valence-corrected chi connectivity index (χ2v) is 8.47. The van der Waals surface area contributed by atoms with Gasteiger partial charge in [-0.1, -0.05) is 22.9 Å². The van der Waals surface area contributed by atoms with Crippen molar-refractivity contribution in [2.75, 3.05) is 12.9 Å². The first-order valence-corrected chi connectivity index (χ1v) is 10.0. The van der Waals surface area contributed by atoms with Crippen molar-refractivity contribution < 1.29 is 21.0 Å². The Hall–Kier alpha value is -1.78. The highest BCUT2D eigenvalue weighted by molar-refractivity contribution is 7.89. The Balaban J connectivity index is 2.05. The lowest BCUT2D eigenvalue weighted by Crippen LogP contribution is -2.13. The average Bonchev–Trinajstić information content (AvgIpc) is 2.93. The van der Waals surface area contributed by atoms with Gasteiger partial charge in [-0.2, -0.15) is 16.8 Å². The minimum Gasteiger partial charge on any atom is -0.270 e. The maximum Gasteiger partial charge on any atom is 0.284 e. The first kappa shape index (κ1) is 17.6. The molecule has 126 valence electrons. The SMILES string of the molecule is Cc1ccc(S(=O)(=O)n2cc(CCCOS(C)(=O)=O)nn2)cc1. The van der Waals surface area contributed by atoms with E-state index in [0.717, 1.165) is 15.9 Å². The van der Waals surface area contributed by atoms with Crippen molar-refractivity contribution in [1.82, 2.24) is 14.4 Å². The van der Waals surface area contributed by atoms with Crippen LogP contribution in [0.4, 0.5) is 0 Å². The summed E-state index contributed by atoms with van der Waals surface area (Å²) < 4.78 is 51.8. The fraction of sp³-hybridized carbons (Fsp3) is 0.385. The molecule has 0 saturated carbocycles. The Morgan fingerprint density at radius 2 is 1.78 bits per heavy atom. The van der Waals surface area contributed by atoms with E-state index in [1.54, 1.807) is 12.1 Å². The van der Waals surface area contributed by atoms with Gasteiger partial charge in [0.05, 0.1) is 29.6 Å². The molecule has 8 nitrogen and oxygen atoms in total. The quantitative estimate of drug-likeness (QED) is 0.530. The van der Waals surface area contributed by atoms with Crippen molar-refractivity contribution in [3.05, 3.63) is 41.7 Å². The van der Waals surface area contributed by atoms with E-state index in [9.17, 15) is 16.8 Å². The first-order chi connectivity index (χ1) is 10.7. The van der Waals surface area contributed by atoms with Gasteiger partial charge in [0.1, 0.15) is 0 Å². The van der Waals surface area contributed by atoms with Crippen molar-refractivity contribution in [2.45, 2.75) is 24.7 Å². The van der Waals surface area contributed by atoms with Crippen LogP contribution in [0.15, 0.2) is 35.4 Å². The van der Waals surface area contributed by atoms with Crippen LogP contribution in [0.1, 0.15) is 17.7 Å². The number of rotatable bonds is 7. The Labute approximate surface area is 135 Å². The molecule has 2 rings (SSSR count). The Morgan fingerprint density at radius 3 is 2.39 bits per heavy atom. The molecule has 0 N–H and O–H groups in total. The van der Waals surface area contributed by atoms with Crippen molar-refractivity contribution in [1.29, 1.82) is 0 Å². The molecule has 1 aromatic carbocycles. The maximum absolute atomic E-state index is 12.4. The average molecular weight is 359 g/mol. The number of hydrogen-bond donors (Lipinski definition) is 0. The fourth-order valence-corrected chi connectivity index (χ4v) is 3.30. The Morgan fingerprint density at radius 1 is 1.13 bits per heavy atom. The van der Waals surface area contributed by atoms with Gasteiger partial charge in [-0.05, 0) is 31.9 Å². The van der Waals surface area contributed by atoms with Crippen LogP contribution in [-0.4, -0.2) is 44.1 Å². The molecule has 0 atom stereocenters. The fourth-order valence-electron chi connectivity index (χ4n) is 1.79. The number of nitrogens with zero attached hydrogens (tertiary/aromatic N) is 3. The normalized spacial score (nSPS) is 12.4. The molecule has 0 aliphatic carbocycles. The number of aromatic nitrogens is 3. The molecule has 1 heterocycles. The molecule has 1 aromatic heterocycles. The molecule has 0 spiro atoms. The minimum atomic E-state index is -3.77. The van der Waals surface area contributed by atoms with Gasteiger partial charge in [0, 0.05) is 0 Å². The third-order valence-electron chi connectivity index (χ3n) is 2.96. The third-order valence-corrected chi connectivity index (χ3v) is 5.09. The molecule has 0 unspecified atom stereocenters. The number of benzene rings is 1. The number of hydrogen-bond acceptors (Lipinski definition) is 7. The zero-order chi connectivity index (χ0) is 17.1. The summed E-state index contributed by atoms with van der Waals surface area (Å²) in [7, 11) is -7.25. The first-order valence-electron chi connectivity index (χ1n) is 6.76. The van der Waals surface area contributed by atoms with Gasteiger partial charge in [-0.3, -0.25) is 4.18 Å². The van der Waals surface area contributed by atoms with E-state index in [1.807, 2.05) is 6.92 Å². The van der Waals surface area contributed by atoms with E-state index in [-0.39, 0.29) is 11.5 Å². The van der Waals surface area contributed by atoms with Crippen LogP contribution < -0.4 is 0 Å². The molecule has 0 fully saturated rings. The molecule has 0 aliphatic rings. The molecule has 0 radical (unpaired) electrons. The smallest absolute Gasteiger partial charge is 0.270 e. The second kappa shape index (κ2) is 6.77. The van der Waals surface area contributed by atoms with Crippen molar-refractivity contribution in [2.24, 2.45) is 0 Å². The lowest BCUT2D eigenvalue weighted by Gasteiger charge is -2.03. The summed E-state index contributed by atoms with van der Waals surface area (Å²) in [5, 5.41) is 7.42. The van der Waals surface area contributed by atoms with E-state index < -0.39 is 20.1 Å². The Bertz CT molecular complexity index is 871. The van der Waals surface area contributed by atoms with Crippen LogP contribution in [0.3, 0.4) is 0 Å². The predicted octanol–water partition coefficient (Wildman–Crippen LogP) is 0.732. The zero-order valence-electron chi connectivity index (χ0n) is 12.7. The molecular weight excluding hydrogens is 342 g/mol. The van der Waals surface area contributed by atoms with Gasteiger partial charge in [0.2, 0.25) is 0 Å². The van der Waals surface area contributed by atoms with Gasteiger partial charge in [-0.15, -0.1) is 9.19 Å². The molecule has 0 saturated heterocycles. The van der Waals surface area contributed by atoms with E-state index in [2.05, 4.69) is 14.5 Å². The van der Waals surface area contributed by atoms with E-state index >= 15 is 0 Å². The second-order valence-electron chi connectivity index (χ2n) is 5.03. The molecular formula is C13H17N3O5S2. The van der Waals surface area contributed by atoms with Crippen LogP contribution in [0.25, 0.3) is 0 Å². The van der Waals surface area contributed by atoms with Gasteiger partial charge in [0.15, 0.2) is 0 Å². The van der Waals surface area contributed by atoms with E-state index in [4.69, 9.17) is 0 Å². The van der Waals surface area contributed by atoms with Crippen LogP contribution in [0.5, 0.6) is 0 Å². The third kappa shape index (κ3) is 4.85. The summed E-state index contributed by atoms with van der Waals surface area (Å²) in [6.07, 6.45) is 3.03. The largest absolute Gasteiger partial charge is 0.284 e. The van der Waals surface area contributed by atoms with Crippen molar-refractivity contribution >= 4 is 20.1 Å². The monoisotopic (exact) mass is 359 g/mol. The highest BCUT2D eigenvalue weighted by atomic mass is 32.2. The summed E-state index contributed by atoms with van der Waals surface area (Å²) in [6, 6.07) is 6.42. The van der Waals surface area contributed by atoms with Crippen LogP contribution in [-0.2, 0) is 30.7 Å². The summed E-state index contributed by atoms with van der Waals surface area (Å²) in [5.74, 6) is 0. The van der Waals surface area contributed by atoms with Crippen LogP contribution in [0.2, 0.25) is 0 Å². The van der Waals surface area contributed by atoms with E-state index in [1.165, 1.54) is 18.3 Å². The maximum atomic E-state index is 12.4. The summed E-state index contributed by atoms with van der Waals surface area (Å²) in [4.78, 5) is 0.125. The lowest BCUT2D eigenvalue weighted by molar-refractivity contribution is 0.315. The predicted molar refractivity (Wildman–Crippen MR) is 82.9 cm³/mol. The van der Waals surface area contributed by atoms with Crippen LogP contribution >= 0.6 is 0 Å². The molecule has 0 amide bonds. The standard InChI is InChI=1S/C13H17N3O5S2/c1-11-5-7-13(8-6-11)23(19,20)16-10-12(14-15-16)4-3-9-21-22(2,17)18/h5-8,10H,3-4,9H2,1-2H3. The van der Waals surface area contributed by atoms with Gasteiger partial charge in [-0.25, -0.2) is 0 Å². The summed E-state index contributed by atoms with van der Waals surface area (Å²) in [6.45, 7) is 1.87. The summed E-state index contributed by atoms with van der Waals surface area (Å²) >= 11 is 0. The molecule has 2 aromatic rings. The van der Waals surface area contributed by atoms with Gasteiger partial charge in [0.25, 0.3) is 20.1 Å². The van der Waals surface area contributed by atoms with E-state index in [0.29, 0.717) is 18.5 Å². The molecule has 0 aliphatic heterocycles. The zero-order valence-corrected chi connectivity index (χ0v) is 14.3. The highest BCUT2D eigenvalue weighted by Gasteiger charge is 2.18. The van der Waals surface area contributed by atoms with Gasteiger partial charge < -0.3 is 0 Å². The molecule has 10 heteroatoms. The lowest BCUT2D eigenvalue weighted by atomic mass is 10.2. The van der Waals surface area contributed by atoms with Crippen molar-refractivity contribution in [3.8, 4) is 0 Å². The van der Waals surface area contributed by atoms with Crippen LogP contribution in [0, 0.1) is 6.92 Å². The minimum absolute atomic E-state index is 0.0103.